The van der Waals surface area contributed by atoms with E-state index in [4.69, 9.17) is 11.6 Å². The number of rotatable bonds is 5. The van der Waals surface area contributed by atoms with Crippen molar-refractivity contribution in [2.75, 3.05) is 0 Å². The van der Waals surface area contributed by atoms with Crippen molar-refractivity contribution in [3.63, 3.8) is 0 Å². The van der Waals surface area contributed by atoms with Gasteiger partial charge >= 0.3 is 0 Å². The molecule has 130 valence electrons. The van der Waals surface area contributed by atoms with Gasteiger partial charge in [-0.15, -0.1) is 0 Å². The molecule has 0 fully saturated rings. The Balaban J connectivity index is 1.53. The van der Waals surface area contributed by atoms with Crippen molar-refractivity contribution in [1.29, 1.82) is 0 Å². The Bertz CT molecular complexity index is 1040. The fourth-order valence-corrected chi connectivity index (χ4v) is 3.37. The van der Waals surface area contributed by atoms with Gasteiger partial charge in [-0.1, -0.05) is 66.2 Å². The molecule has 1 heterocycles. The van der Waals surface area contributed by atoms with Gasteiger partial charge in [-0.2, -0.15) is 5.10 Å². The Labute approximate surface area is 156 Å². The summed E-state index contributed by atoms with van der Waals surface area (Å²) >= 11 is 6.27. The average Bonchev–Trinajstić information content (AvgIpc) is 3.09. The minimum atomic E-state index is -0.570. The molecule has 3 aromatic carbocycles. The Kier molecular flexibility index (Phi) is 4.69. The molecule has 0 saturated carbocycles. The third-order valence-corrected chi connectivity index (χ3v) is 4.73. The molecule has 1 unspecified atom stereocenters. The molecular formula is C21H18ClN3O. The number of aromatic nitrogens is 3. The van der Waals surface area contributed by atoms with Crippen LogP contribution in [-0.4, -0.2) is 26.0 Å². The van der Waals surface area contributed by atoms with Crippen molar-refractivity contribution >= 4 is 22.4 Å². The molecule has 1 atom stereocenters. The van der Waals surface area contributed by atoms with E-state index in [1.54, 1.807) is 4.68 Å². The molecule has 0 aliphatic heterocycles. The molecule has 0 aliphatic carbocycles. The van der Waals surface area contributed by atoms with Crippen LogP contribution in [0.5, 0.6) is 0 Å². The minimum Gasteiger partial charge on any atom is -0.391 e. The third-order valence-electron chi connectivity index (χ3n) is 4.40. The molecule has 0 radical (unpaired) electrons. The molecule has 0 spiro atoms. The zero-order valence-corrected chi connectivity index (χ0v) is 14.8. The monoisotopic (exact) mass is 363 g/mol. The number of nitrogens with zero attached hydrogens (tertiary/aromatic N) is 3. The molecule has 4 nitrogen and oxygen atoms in total. The second-order valence-corrected chi connectivity index (χ2v) is 6.69. The van der Waals surface area contributed by atoms with Crippen LogP contribution in [0.25, 0.3) is 22.2 Å². The van der Waals surface area contributed by atoms with Gasteiger partial charge in [0.25, 0.3) is 0 Å². The summed E-state index contributed by atoms with van der Waals surface area (Å²) in [5, 5.41) is 17.8. The lowest BCUT2D eigenvalue weighted by Crippen LogP contribution is -2.20. The van der Waals surface area contributed by atoms with Gasteiger partial charge in [0.1, 0.15) is 6.33 Å². The Morgan fingerprint density at radius 2 is 1.73 bits per heavy atom. The van der Waals surface area contributed by atoms with E-state index in [2.05, 4.69) is 40.4 Å². The van der Waals surface area contributed by atoms with Crippen LogP contribution in [-0.2, 0) is 13.0 Å². The topological polar surface area (TPSA) is 50.9 Å². The summed E-state index contributed by atoms with van der Waals surface area (Å²) in [5.74, 6) is 0.660. The predicted octanol–water partition coefficient (Wildman–Crippen LogP) is 4.36. The van der Waals surface area contributed by atoms with E-state index in [1.165, 1.54) is 17.1 Å². The van der Waals surface area contributed by atoms with Gasteiger partial charge in [0.15, 0.2) is 5.82 Å². The van der Waals surface area contributed by atoms with Gasteiger partial charge in [0.2, 0.25) is 0 Å². The molecule has 1 N–H and O–H groups in total. The maximum absolute atomic E-state index is 10.6. The molecule has 0 aliphatic rings. The SMILES string of the molecule is OC(Cc1ccc2ccccc2c1)Cn1ncnc1-c1ccccc1Cl. The maximum atomic E-state index is 10.6. The number of hydrogen-bond donors (Lipinski definition) is 1. The third kappa shape index (κ3) is 3.47. The molecule has 4 rings (SSSR count). The summed E-state index contributed by atoms with van der Waals surface area (Å²) in [5.41, 5.74) is 1.90. The Morgan fingerprint density at radius 1 is 0.962 bits per heavy atom. The number of hydrogen-bond acceptors (Lipinski definition) is 3. The fraction of sp³-hybridized carbons (Fsp3) is 0.143. The lowest BCUT2D eigenvalue weighted by Gasteiger charge is -2.13. The highest BCUT2D eigenvalue weighted by Crippen LogP contribution is 2.25. The zero-order chi connectivity index (χ0) is 17.9. The highest BCUT2D eigenvalue weighted by molar-refractivity contribution is 6.33. The van der Waals surface area contributed by atoms with Crippen molar-refractivity contribution in [3.8, 4) is 11.4 Å². The maximum Gasteiger partial charge on any atom is 0.159 e. The first-order chi connectivity index (χ1) is 12.7. The second kappa shape index (κ2) is 7.28. The van der Waals surface area contributed by atoms with Crippen LogP contribution < -0.4 is 0 Å². The quantitative estimate of drug-likeness (QED) is 0.573. The van der Waals surface area contributed by atoms with Gasteiger partial charge in [-0.25, -0.2) is 9.67 Å². The smallest absolute Gasteiger partial charge is 0.159 e. The Hall–Kier alpha value is -2.69. The largest absolute Gasteiger partial charge is 0.391 e. The van der Waals surface area contributed by atoms with Gasteiger partial charge in [-0.3, -0.25) is 0 Å². The normalized spacial score (nSPS) is 12.4. The summed E-state index contributed by atoms with van der Waals surface area (Å²) < 4.78 is 1.70. The first kappa shape index (κ1) is 16.8. The van der Waals surface area contributed by atoms with Gasteiger partial charge in [0.05, 0.1) is 17.7 Å². The summed E-state index contributed by atoms with van der Waals surface area (Å²) in [4.78, 5) is 4.30. The van der Waals surface area contributed by atoms with E-state index in [1.807, 2.05) is 36.4 Å². The molecule has 0 saturated heterocycles. The molecule has 26 heavy (non-hydrogen) atoms. The number of fused-ring (bicyclic) bond motifs is 1. The highest BCUT2D eigenvalue weighted by atomic mass is 35.5. The summed E-state index contributed by atoms with van der Waals surface area (Å²) in [6.07, 6.45) is 1.47. The first-order valence-electron chi connectivity index (χ1n) is 8.49. The molecule has 1 aromatic heterocycles. The van der Waals surface area contributed by atoms with Crippen LogP contribution in [0.2, 0.25) is 5.02 Å². The number of benzene rings is 3. The van der Waals surface area contributed by atoms with Crippen LogP contribution in [0.4, 0.5) is 0 Å². The van der Waals surface area contributed by atoms with Crippen molar-refractivity contribution in [2.24, 2.45) is 0 Å². The van der Waals surface area contributed by atoms with Gasteiger partial charge in [-0.05, 0) is 28.5 Å². The van der Waals surface area contributed by atoms with Crippen molar-refractivity contribution in [2.45, 2.75) is 19.1 Å². The first-order valence-corrected chi connectivity index (χ1v) is 8.87. The minimum absolute atomic E-state index is 0.355. The lowest BCUT2D eigenvalue weighted by molar-refractivity contribution is 0.150. The number of halogens is 1. The molecular weight excluding hydrogens is 346 g/mol. The molecule has 0 bridgehead atoms. The zero-order valence-electron chi connectivity index (χ0n) is 14.1. The van der Waals surface area contributed by atoms with Crippen LogP contribution in [0.1, 0.15) is 5.56 Å². The summed E-state index contributed by atoms with van der Waals surface area (Å²) in [6.45, 7) is 0.355. The summed E-state index contributed by atoms with van der Waals surface area (Å²) in [6, 6.07) is 22.0. The van der Waals surface area contributed by atoms with E-state index in [0.29, 0.717) is 23.8 Å². The Morgan fingerprint density at radius 3 is 2.58 bits per heavy atom. The highest BCUT2D eigenvalue weighted by Gasteiger charge is 2.14. The van der Waals surface area contributed by atoms with Crippen LogP contribution in [0, 0.1) is 0 Å². The number of aliphatic hydroxyl groups is 1. The average molecular weight is 364 g/mol. The van der Waals surface area contributed by atoms with E-state index >= 15 is 0 Å². The lowest BCUT2D eigenvalue weighted by atomic mass is 10.0. The van der Waals surface area contributed by atoms with Crippen LogP contribution in [0.3, 0.4) is 0 Å². The van der Waals surface area contributed by atoms with E-state index < -0.39 is 6.10 Å². The molecule has 4 aromatic rings. The number of aliphatic hydroxyl groups excluding tert-OH is 1. The van der Waals surface area contributed by atoms with Gasteiger partial charge < -0.3 is 5.11 Å². The molecule has 5 heteroatoms. The van der Waals surface area contributed by atoms with Gasteiger partial charge in [0, 0.05) is 12.0 Å². The fourth-order valence-electron chi connectivity index (χ4n) is 3.15. The van der Waals surface area contributed by atoms with Crippen molar-refractivity contribution in [3.05, 3.63) is 83.6 Å². The summed E-state index contributed by atoms with van der Waals surface area (Å²) in [7, 11) is 0. The van der Waals surface area contributed by atoms with Crippen LogP contribution in [0.15, 0.2) is 73.1 Å². The van der Waals surface area contributed by atoms with E-state index in [-0.39, 0.29) is 0 Å². The predicted molar refractivity (Wildman–Crippen MR) is 104 cm³/mol. The van der Waals surface area contributed by atoms with Crippen molar-refractivity contribution < 1.29 is 5.11 Å². The van der Waals surface area contributed by atoms with Crippen LogP contribution >= 0.6 is 11.6 Å². The van der Waals surface area contributed by atoms with E-state index in [9.17, 15) is 5.11 Å². The van der Waals surface area contributed by atoms with E-state index in [0.717, 1.165) is 11.1 Å². The second-order valence-electron chi connectivity index (χ2n) is 6.29. The standard InChI is InChI=1S/C21H18ClN3O/c22-20-8-4-3-7-19(20)21-23-14-24-25(21)13-18(26)12-15-9-10-16-5-1-2-6-17(16)11-15/h1-11,14,18,26H,12-13H2. The molecule has 0 amide bonds. The van der Waals surface area contributed by atoms with Crippen molar-refractivity contribution in [1.82, 2.24) is 14.8 Å².